The molecule has 2 N–H and O–H groups in total. The maximum Gasteiger partial charge on any atom is 0.191 e. The molecule has 2 aromatic rings. The van der Waals surface area contributed by atoms with E-state index in [1.54, 1.807) is 0 Å². The summed E-state index contributed by atoms with van der Waals surface area (Å²) in [4.78, 5) is 4.78. The molecule has 1 aliphatic heterocycles. The van der Waals surface area contributed by atoms with Crippen LogP contribution in [0.4, 0.5) is 0 Å². The number of nitrogens with one attached hydrogen (secondary N) is 2. The van der Waals surface area contributed by atoms with Crippen molar-refractivity contribution < 1.29 is 0 Å². The fraction of sp³-hybridized carbons (Fsp3) is 0.714. The molecule has 3 heterocycles. The summed E-state index contributed by atoms with van der Waals surface area (Å²) in [6, 6.07) is 0.263. The molecular formula is C21H37IN8. The van der Waals surface area contributed by atoms with E-state index in [1.807, 2.05) is 11.7 Å². The minimum Gasteiger partial charge on any atom is -0.357 e. The zero-order chi connectivity index (χ0) is 20.8. The van der Waals surface area contributed by atoms with E-state index >= 15 is 0 Å². The van der Waals surface area contributed by atoms with E-state index in [2.05, 4.69) is 58.2 Å². The van der Waals surface area contributed by atoms with Gasteiger partial charge in [0.15, 0.2) is 5.96 Å². The molecule has 0 spiro atoms. The molecule has 0 saturated carbocycles. The highest BCUT2D eigenvalue weighted by atomic mass is 127. The van der Waals surface area contributed by atoms with Gasteiger partial charge in [-0.2, -0.15) is 5.10 Å². The van der Waals surface area contributed by atoms with Crippen LogP contribution < -0.4 is 10.6 Å². The van der Waals surface area contributed by atoms with Crippen LogP contribution in [0.1, 0.15) is 61.7 Å². The van der Waals surface area contributed by atoms with Crippen molar-refractivity contribution in [1.82, 2.24) is 35.2 Å². The molecule has 1 atom stereocenters. The summed E-state index contributed by atoms with van der Waals surface area (Å²) in [6.07, 6.45) is 6.51. The Hall–Kier alpha value is -1.65. The third kappa shape index (κ3) is 6.18. The first-order chi connectivity index (χ1) is 14.0. The van der Waals surface area contributed by atoms with Gasteiger partial charge in [0, 0.05) is 51.3 Å². The largest absolute Gasteiger partial charge is 0.357 e. The van der Waals surface area contributed by atoms with Crippen molar-refractivity contribution in [2.24, 2.45) is 12.0 Å². The maximum absolute atomic E-state index is 4.78. The van der Waals surface area contributed by atoms with Crippen molar-refractivity contribution >= 4 is 29.9 Å². The number of aryl methyl sites for hydroxylation is 3. The number of halogens is 1. The molecule has 0 bridgehead atoms. The lowest BCUT2D eigenvalue weighted by atomic mass is 10.1. The molecule has 0 saturated heterocycles. The summed E-state index contributed by atoms with van der Waals surface area (Å²) >= 11 is 0. The minimum atomic E-state index is 0. The van der Waals surface area contributed by atoms with Gasteiger partial charge in [-0.3, -0.25) is 9.67 Å². The molecule has 168 valence electrons. The topological polar surface area (TPSA) is 84.9 Å². The smallest absolute Gasteiger partial charge is 0.191 e. The summed E-state index contributed by atoms with van der Waals surface area (Å²) in [5, 5.41) is 20.2. The molecular weight excluding hydrogens is 491 g/mol. The number of hydrogen-bond donors (Lipinski definition) is 2. The lowest BCUT2D eigenvalue weighted by Gasteiger charge is -2.18. The quantitative estimate of drug-likeness (QED) is 0.328. The zero-order valence-electron chi connectivity index (χ0n) is 19.0. The van der Waals surface area contributed by atoms with Gasteiger partial charge in [0.2, 0.25) is 0 Å². The van der Waals surface area contributed by atoms with Crippen LogP contribution in [0.3, 0.4) is 0 Å². The van der Waals surface area contributed by atoms with Crippen LogP contribution in [0.25, 0.3) is 0 Å². The average molecular weight is 528 g/mol. The summed E-state index contributed by atoms with van der Waals surface area (Å²) in [7, 11) is 2.00. The second-order valence-electron chi connectivity index (χ2n) is 8.03. The Balaban J connectivity index is 0.00000320. The number of fused-ring (bicyclic) bond motifs is 1. The molecule has 0 amide bonds. The summed E-state index contributed by atoms with van der Waals surface area (Å²) in [5.74, 6) is 3.06. The van der Waals surface area contributed by atoms with Crippen molar-refractivity contribution in [2.45, 2.75) is 78.8 Å². The SMILES string of the molecule is CCNC(=NCCc1nnc2n1CCCCC2)NC(C)Cc1c(C)nn(C)c1C.I. The third-order valence-electron chi connectivity index (χ3n) is 5.69. The number of hydrogen-bond acceptors (Lipinski definition) is 4. The van der Waals surface area contributed by atoms with Crippen LogP contribution in [0.2, 0.25) is 0 Å². The molecule has 9 heteroatoms. The predicted octanol–water partition coefficient (Wildman–Crippen LogP) is 2.70. The van der Waals surface area contributed by atoms with Crippen molar-refractivity contribution in [3.8, 4) is 0 Å². The van der Waals surface area contributed by atoms with Gasteiger partial charge in [0.05, 0.1) is 5.69 Å². The second kappa shape index (κ2) is 11.7. The van der Waals surface area contributed by atoms with Gasteiger partial charge < -0.3 is 15.2 Å². The normalized spacial score (nSPS) is 15.2. The van der Waals surface area contributed by atoms with Crippen LogP contribution in [0.15, 0.2) is 4.99 Å². The Morgan fingerprint density at radius 1 is 1.20 bits per heavy atom. The predicted molar refractivity (Wildman–Crippen MR) is 132 cm³/mol. The Labute approximate surface area is 197 Å². The number of aliphatic imine (C=N–C) groups is 1. The van der Waals surface area contributed by atoms with Gasteiger partial charge in [-0.25, -0.2) is 0 Å². The van der Waals surface area contributed by atoms with E-state index < -0.39 is 0 Å². The van der Waals surface area contributed by atoms with E-state index in [9.17, 15) is 0 Å². The molecule has 8 nitrogen and oxygen atoms in total. The van der Waals surface area contributed by atoms with Crippen molar-refractivity contribution in [3.63, 3.8) is 0 Å². The van der Waals surface area contributed by atoms with Gasteiger partial charge >= 0.3 is 0 Å². The van der Waals surface area contributed by atoms with E-state index in [-0.39, 0.29) is 30.0 Å². The molecule has 0 aromatic carbocycles. The van der Waals surface area contributed by atoms with E-state index in [4.69, 9.17) is 4.99 Å². The lowest BCUT2D eigenvalue weighted by molar-refractivity contribution is 0.603. The highest BCUT2D eigenvalue weighted by molar-refractivity contribution is 14.0. The average Bonchev–Trinajstić information content (AvgIpc) is 3.05. The summed E-state index contributed by atoms with van der Waals surface area (Å²) in [5.41, 5.74) is 3.65. The molecule has 1 aliphatic rings. The monoisotopic (exact) mass is 528 g/mol. The molecule has 3 rings (SSSR count). The summed E-state index contributed by atoms with van der Waals surface area (Å²) in [6.45, 7) is 11.1. The zero-order valence-corrected chi connectivity index (χ0v) is 21.4. The number of aromatic nitrogens is 5. The molecule has 0 radical (unpaired) electrons. The van der Waals surface area contributed by atoms with Gasteiger partial charge in [0.1, 0.15) is 11.6 Å². The van der Waals surface area contributed by atoms with Gasteiger partial charge in [-0.15, -0.1) is 34.2 Å². The molecule has 2 aromatic heterocycles. The summed E-state index contributed by atoms with van der Waals surface area (Å²) < 4.78 is 4.26. The van der Waals surface area contributed by atoms with Gasteiger partial charge in [0.25, 0.3) is 0 Å². The Kier molecular flexibility index (Phi) is 9.57. The number of rotatable bonds is 7. The van der Waals surface area contributed by atoms with Crippen LogP contribution in [0.5, 0.6) is 0 Å². The number of nitrogens with zero attached hydrogens (tertiary/aromatic N) is 6. The first-order valence-corrected chi connectivity index (χ1v) is 10.9. The maximum atomic E-state index is 4.78. The fourth-order valence-corrected chi connectivity index (χ4v) is 4.02. The van der Waals surface area contributed by atoms with Crippen molar-refractivity contribution in [2.75, 3.05) is 13.1 Å². The highest BCUT2D eigenvalue weighted by Gasteiger charge is 2.15. The van der Waals surface area contributed by atoms with E-state index in [1.165, 1.54) is 30.5 Å². The van der Waals surface area contributed by atoms with E-state index in [0.717, 1.165) is 55.7 Å². The third-order valence-corrected chi connectivity index (χ3v) is 5.69. The lowest BCUT2D eigenvalue weighted by Crippen LogP contribution is -2.43. The van der Waals surface area contributed by atoms with Crippen molar-refractivity contribution in [3.05, 3.63) is 28.6 Å². The first kappa shape index (κ1) is 24.6. The first-order valence-electron chi connectivity index (χ1n) is 10.9. The highest BCUT2D eigenvalue weighted by Crippen LogP contribution is 2.15. The Bertz CT molecular complexity index is 838. The standard InChI is InChI=1S/C21H36N8.HI/c1-6-22-21(24-15(2)14-18-16(3)27-28(5)17(18)4)23-12-11-20-26-25-19-10-8-7-9-13-29(19)20;/h15H,6-14H2,1-5H3,(H2,22,23,24);1H. The van der Waals surface area contributed by atoms with Crippen LogP contribution in [-0.2, 0) is 32.9 Å². The fourth-order valence-electron chi connectivity index (χ4n) is 4.02. The molecule has 0 fully saturated rings. The van der Waals surface area contributed by atoms with Crippen molar-refractivity contribution in [1.29, 1.82) is 0 Å². The van der Waals surface area contributed by atoms with Gasteiger partial charge in [-0.1, -0.05) is 6.42 Å². The number of guanidine groups is 1. The minimum absolute atomic E-state index is 0. The van der Waals surface area contributed by atoms with Crippen LogP contribution >= 0.6 is 24.0 Å². The molecule has 1 unspecified atom stereocenters. The van der Waals surface area contributed by atoms with E-state index in [0.29, 0.717) is 6.54 Å². The molecule has 0 aliphatic carbocycles. The Morgan fingerprint density at radius 2 is 2.00 bits per heavy atom. The molecule has 30 heavy (non-hydrogen) atoms. The van der Waals surface area contributed by atoms with Gasteiger partial charge in [-0.05, 0) is 52.5 Å². The van der Waals surface area contributed by atoms with Crippen LogP contribution in [0, 0.1) is 13.8 Å². The van der Waals surface area contributed by atoms with Crippen LogP contribution in [-0.4, -0.2) is 49.6 Å². The Morgan fingerprint density at radius 3 is 2.70 bits per heavy atom. The second-order valence-corrected chi connectivity index (χ2v) is 8.03.